The van der Waals surface area contributed by atoms with Crippen LogP contribution in [-0.2, 0) is 6.54 Å². The number of benzene rings is 1. The lowest BCUT2D eigenvalue weighted by Crippen LogP contribution is -2.36. The van der Waals surface area contributed by atoms with Gasteiger partial charge in [-0.1, -0.05) is 6.07 Å². The summed E-state index contributed by atoms with van der Waals surface area (Å²) in [5, 5.41) is 3.39. The Kier molecular flexibility index (Phi) is 5.64. The van der Waals surface area contributed by atoms with E-state index >= 15 is 0 Å². The van der Waals surface area contributed by atoms with Gasteiger partial charge in [0.2, 0.25) is 0 Å². The Labute approximate surface area is 125 Å². The van der Waals surface area contributed by atoms with Crippen molar-refractivity contribution in [2.24, 2.45) is 5.92 Å². The third-order valence-corrected chi connectivity index (χ3v) is 4.10. The van der Waals surface area contributed by atoms with Crippen molar-refractivity contribution in [1.82, 2.24) is 10.2 Å². The minimum atomic E-state index is -0.144. The van der Waals surface area contributed by atoms with E-state index in [-0.39, 0.29) is 18.2 Å². The maximum absolute atomic E-state index is 13.9. The van der Waals surface area contributed by atoms with Gasteiger partial charge in [0, 0.05) is 25.2 Å². The summed E-state index contributed by atoms with van der Waals surface area (Å²) in [5.41, 5.74) is 0.717. The Morgan fingerprint density at radius 1 is 1.30 bits per heavy atom. The average Bonchev–Trinajstić information content (AvgIpc) is 2.63. The molecule has 0 amide bonds. The highest BCUT2D eigenvalue weighted by Gasteiger charge is 2.22. The third kappa shape index (κ3) is 3.62. The number of rotatable bonds is 2. The van der Waals surface area contributed by atoms with Crippen molar-refractivity contribution in [3.05, 3.63) is 29.6 Å². The number of piperidine rings is 1. The molecule has 0 aromatic heterocycles. The van der Waals surface area contributed by atoms with E-state index in [1.165, 1.54) is 18.9 Å². The van der Waals surface area contributed by atoms with Crippen LogP contribution in [0.15, 0.2) is 18.2 Å². The molecule has 5 heteroatoms. The molecule has 20 heavy (non-hydrogen) atoms. The van der Waals surface area contributed by atoms with E-state index in [1.54, 1.807) is 6.07 Å². The van der Waals surface area contributed by atoms with Gasteiger partial charge < -0.3 is 10.1 Å². The second-order valence-electron chi connectivity index (χ2n) is 5.49. The van der Waals surface area contributed by atoms with Crippen LogP contribution in [-0.4, -0.2) is 37.7 Å². The molecule has 0 bridgehead atoms. The molecule has 0 aliphatic carbocycles. The molecule has 112 valence electrons. The predicted octanol–water partition coefficient (Wildman–Crippen LogP) is 2.44. The van der Waals surface area contributed by atoms with E-state index in [0.29, 0.717) is 24.5 Å². The van der Waals surface area contributed by atoms with Crippen molar-refractivity contribution >= 4 is 12.4 Å². The van der Waals surface area contributed by atoms with Gasteiger partial charge >= 0.3 is 0 Å². The van der Waals surface area contributed by atoms with Gasteiger partial charge in [-0.3, -0.25) is 4.90 Å². The second kappa shape index (κ2) is 7.25. The molecule has 0 saturated carbocycles. The van der Waals surface area contributed by atoms with Crippen LogP contribution in [0.2, 0.25) is 0 Å². The minimum absolute atomic E-state index is 0. The van der Waals surface area contributed by atoms with Crippen LogP contribution in [0.4, 0.5) is 4.39 Å². The molecule has 2 aliphatic rings. The monoisotopic (exact) mass is 300 g/mol. The summed E-state index contributed by atoms with van der Waals surface area (Å²) in [4.78, 5) is 2.34. The fourth-order valence-corrected chi connectivity index (χ4v) is 3.00. The van der Waals surface area contributed by atoms with Crippen molar-refractivity contribution in [1.29, 1.82) is 0 Å². The Balaban J connectivity index is 0.00000147. The lowest BCUT2D eigenvalue weighted by Gasteiger charge is -2.28. The van der Waals surface area contributed by atoms with Gasteiger partial charge in [-0.25, -0.2) is 4.39 Å². The van der Waals surface area contributed by atoms with Crippen LogP contribution in [0, 0.1) is 11.7 Å². The van der Waals surface area contributed by atoms with Gasteiger partial charge in [-0.2, -0.15) is 0 Å². The molecule has 1 aromatic rings. The maximum atomic E-state index is 13.9. The number of nitrogens with one attached hydrogen (secondary N) is 1. The average molecular weight is 301 g/mol. The van der Waals surface area contributed by atoms with Gasteiger partial charge in [0.05, 0.1) is 0 Å². The summed E-state index contributed by atoms with van der Waals surface area (Å²) < 4.78 is 19.5. The largest absolute Gasteiger partial charge is 0.492 e. The Morgan fingerprint density at radius 2 is 2.10 bits per heavy atom. The SMILES string of the molecule is Cl.Fc1cccc2c1CN(CC1CCNCC1)CCO2. The third-order valence-electron chi connectivity index (χ3n) is 4.10. The molecule has 1 aromatic carbocycles. The first-order valence-corrected chi connectivity index (χ1v) is 7.16. The number of hydrogen-bond donors (Lipinski definition) is 1. The van der Waals surface area contributed by atoms with E-state index < -0.39 is 0 Å². The summed E-state index contributed by atoms with van der Waals surface area (Å²) in [5.74, 6) is 1.30. The highest BCUT2D eigenvalue weighted by Crippen LogP contribution is 2.26. The van der Waals surface area contributed by atoms with Crippen molar-refractivity contribution < 1.29 is 9.13 Å². The van der Waals surface area contributed by atoms with E-state index in [0.717, 1.165) is 32.1 Å². The molecule has 3 nitrogen and oxygen atoms in total. The first-order chi connectivity index (χ1) is 9.33. The van der Waals surface area contributed by atoms with Gasteiger partial charge in [0.15, 0.2) is 0 Å². The van der Waals surface area contributed by atoms with Gasteiger partial charge in [-0.15, -0.1) is 12.4 Å². The number of halogens is 2. The molecular weight excluding hydrogens is 279 g/mol. The lowest BCUT2D eigenvalue weighted by atomic mass is 9.97. The summed E-state index contributed by atoms with van der Waals surface area (Å²) >= 11 is 0. The van der Waals surface area contributed by atoms with Crippen LogP contribution in [0.3, 0.4) is 0 Å². The van der Waals surface area contributed by atoms with Crippen LogP contribution in [0.25, 0.3) is 0 Å². The zero-order valence-corrected chi connectivity index (χ0v) is 12.4. The van der Waals surface area contributed by atoms with Gasteiger partial charge in [0.1, 0.15) is 18.2 Å². The molecule has 2 aliphatic heterocycles. The van der Waals surface area contributed by atoms with Crippen molar-refractivity contribution in [2.75, 3.05) is 32.8 Å². The van der Waals surface area contributed by atoms with Crippen LogP contribution < -0.4 is 10.1 Å². The van der Waals surface area contributed by atoms with Crippen LogP contribution >= 0.6 is 12.4 Å². The predicted molar refractivity (Wildman–Crippen MR) is 80.0 cm³/mol. The van der Waals surface area contributed by atoms with E-state index in [4.69, 9.17) is 4.74 Å². The number of hydrogen-bond acceptors (Lipinski definition) is 3. The topological polar surface area (TPSA) is 24.5 Å². The Hall–Kier alpha value is -0.840. The molecule has 1 N–H and O–H groups in total. The van der Waals surface area contributed by atoms with Crippen molar-refractivity contribution in [3.8, 4) is 5.75 Å². The highest BCUT2D eigenvalue weighted by molar-refractivity contribution is 5.85. The maximum Gasteiger partial charge on any atom is 0.131 e. The smallest absolute Gasteiger partial charge is 0.131 e. The summed E-state index contributed by atoms with van der Waals surface area (Å²) in [7, 11) is 0. The normalized spacial score (nSPS) is 20.4. The van der Waals surface area contributed by atoms with Crippen LogP contribution in [0.1, 0.15) is 18.4 Å². The quantitative estimate of drug-likeness (QED) is 0.908. The fraction of sp³-hybridized carbons (Fsp3) is 0.600. The molecule has 1 fully saturated rings. The standard InChI is InChI=1S/C15H21FN2O.ClH/c16-14-2-1-3-15-13(14)11-18(8-9-19-15)10-12-4-6-17-7-5-12;/h1-3,12,17H,4-11H2;1H. The lowest BCUT2D eigenvalue weighted by molar-refractivity contribution is 0.181. The fourth-order valence-electron chi connectivity index (χ4n) is 3.00. The first-order valence-electron chi connectivity index (χ1n) is 7.16. The summed E-state index contributed by atoms with van der Waals surface area (Å²) in [6.45, 7) is 5.49. The zero-order chi connectivity index (χ0) is 13.1. The zero-order valence-electron chi connectivity index (χ0n) is 11.6. The van der Waals surface area contributed by atoms with Gasteiger partial charge in [-0.05, 0) is 44.0 Å². The number of fused-ring (bicyclic) bond motifs is 1. The van der Waals surface area contributed by atoms with E-state index in [9.17, 15) is 4.39 Å². The van der Waals surface area contributed by atoms with E-state index in [1.807, 2.05) is 6.07 Å². The molecular formula is C15H22ClFN2O. The molecule has 1 saturated heterocycles. The van der Waals surface area contributed by atoms with Crippen molar-refractivity contribution in [2.45, 2.75) is 19.4 Å². The summed E-state index contributed by atoms with van der Waals surface area (Å²) in [6.07, 6.45) is 2.45. The number of ether oxygens (including phenoxy) is 1. The first kappa shape index (κ1) is 15.5. The van der Waals surface area contributed by atoms with Crippen molar-refractivity contribution in [3.63, 3.8) is 0 Å². The van der Waals surface area contributed by atoms with E-state index in [2.05, 4.69) is 10.2 Å². The Bertz CT molecular complexity index is 438. The second-order valence-corrected chi connectivity index (χ2v) is 5.49. The Morgan fingerprint density at radius 3 is 2.90 bits per heavy atom. The minimum Gasteiger partial charge on any atom is -0.492 e. The molecule has 0 spiro atoms. The van der Waals surface area contributed by atoms with Gasteiger partial charge in [0.25, 0.3) is 0 Å². The van der Waals surface area contributed by atoms with Crippen LogP contribution in [0.5, 0.6) is 5.75 Å². The molecule has 3 rings (SSSR count). The number of nitrogens with zero attached hydrogens (tertiary/aromatic N) is 1. The molecule has 0 atom stereocenters. The summed E-state index contributed by atoms with van der Waals surface area (Å²) in [6, 6.07) is 5.11. The molecule has 2 heterocycles. The highest BCUT2D eigenvalue weighted by atomic mass is 35.5. The molecule has 0 unspecified atom stereocenters. The molecule has 0 radical (unpaired) electrons.